The molecule has 0 radical (unpaired) electrons. The van der Waals surface area contributed by atoms with Gasteiger partial charge in [0.25, 0.3) is 0 Å². The Kier molecular flexibility index (Phi) is 4.47. The van der Waals surface area contributed by atoms with Gasteiger partial charge in [-0.25, -0.2) is 12.8 Å². The van der Waals surface area contributed by atoms with Crippen molar-refractivity contribution in [1.82, 2.24) is 0 Å². The van der Waals surface area contributed by atoms with E-state index in [4.69, 9.17) is 9.47 Å². The lowest BCUT2D eigenvalue weighted by Crippen LogP contribution is -2.05. The molecule has 0 N–H and O–H groups in total. The van der Waals surface area contributed by atoms with Crippen molar-refractivity contribution in [2.45, 2.75) is 10.6 Å². The van der Waals surface area contributed by atoms with Crippen molar-refractivity contribution in [2.75, 3.05) is 14.2 Å². The molecule has 2 rings (SSSR count). The van der Waals surface area contributed by atoms with Crippen LogP contribution < -0.4 is 9.47 Å². The number of rotatable bonds is 5. The maximum absolute atomic E-state index is 13.2. The zero-order chi connectivity index (χ0) is 15.5. The second kappa shape index (κ2) is 6.13. The molecule has 0 aliphatic heterocycles. The number of methoxy groups -OCH3 is 2. The molecular formula is C15H15FO4S. The molecule has 0 saturated carbocycles. The molecule has 0 unspecified atom stereocenters. The molecule has 0 amide bonds. The van der Waals surface area contributed by atoms with Crippen LogP contribution in [0.5, 0.6) is 11.5 Å². The van der Waals surface area contributed by atoms with E-state index in [9.17, 15) is 12.8 Å². The van der Waals surface area contributed by atoms with Crippen LogP contribution in [-0.4, -0.2) is 22.6 Å². The summed E-state index contributed by atoms with van der Waals surface area (Å²) in [5.74, 6) is 0.147. The molecule has 0 bridgehead atoms. The van der Waals surface area contributed by atoms with Gasteiger partial charge in [0.05, 0.1) is 24.9 Å². The Morgan fingerprint density at radius 2 is 1.71 bits per heavy atom. The second-order valence-electron chi connectivity index (χ2n) is 4.41. The van der Waals surface area contributed by atoms with E-state index < -0.39 is 15.7 Å². The number of hydrogen-bond acceptors (Lipinski definition) is 4. The van der Waals surface area contributed by atoms with Crippen LogP contribution in [0.1, 0.15) is 5.56 Å². The first-order valence-electron chi connectivity index (χ1n) is 6.15. The number of benzene rings is 2. The van der Waals surface area contributed by atoms with Gasteiger partial charge in [0.15, 0.2) is 21.3 Å². The van der Waals surface area contributed by atoms with E-state index in [0.717, 1.165) is 6.07 Å². The Bertz CT molecular complexity index is 741. The first-order valence-corrected chi connectivity index (χ1v) is 7.81. The Labute approximate surface area is 123 Å². The SMILES string of the molecule is COc1ccc(CS(=O)(=O)c2cccc(F)c2)cc1OC. The van der Waals surface area contributed by atoms with Crippen molar-refractivity contribution in [1.29, 1.82) is 0 Å². The topological polar surface area (TPSA) is 52.6 Å². The Hall–Kier alpha value is -2.08. The molecule has 0 spiro atoms. The molecule has 0 heterocycles. The monoisotopic (exact) mass is 310 g/mol. The van der Waals surface area contributed by atoms with Crippen LogP contribution in [0.4, 0.5) is 4.39 Å². The van der Waals surface area contributed by atoms with Crippen LogP contribution in [0.3, 0.4) is 0 Å². The number of halogens is 1. The third-order valence-corrected chi connectivity index (χ3v) is 4.65. The summed E-state index contributed by atoms with van der Waals surface area (Å²) in [5.41, 5.74) is 0.539. The second-order valence-corrected chi connectivity index (χ2v) is 6.40. The van der Waals surface area contributed by atoms with Crippen molar-refractivity contribution < 1.29 is 22.3 Å². The largest absolute Gasteiger partial charge is 0.493 e. The summed E-state index contributed by atoms with van der Waals surface area (Å²) in [6, 6.07) is 9.82. The number of hydrogen-bond donors (Lipinski definition) is 0. The summed E-state index contributed by atoms with van der Waals surface area (Å²) < 4.78 is 47.9. The van der Waals surface area contributed by atoms with E-state index in [1.165, 1.54) is 32.4 Å². The van der Waals surface area contributed by atoms with E-state index >= 15 is 0 Å². The lowest BCUT2D eigenvalue weighted by atomic mass is 10.2. The highest BCUT2D eigenvalue weighted by Crippen LogP contribution is 2.29. The Balaban J connectivity index is 2.33. The van der Waals surface area contributed by atoms with Crippen molar-refractivity contribution in [2.24, 2.45) is 0 Å². The summed E-state index contributed by atoms with van der Waals surface area (Å²) in [6.45, 7) is 0. The Morgan fingerprint density at radius 1 is 1.00 bits per heavy atom. The lowest BCUT2D eigenvalue weighted by Gasteiger charge is -2.10. The third-order valence-electron chi connectivity index (χ3n) is 2.96. The van der Waals surface area contributed by atoms with Crippen molar-refractivity contribution >= 4 is 9.84 Å². The molecule has 0 aliphatic carbocycles. The number of sulfone groups is 1. The van der Waals surface area contributed by atoms with Crippen molar-refractivity contribution in [3.05, 3.63) is 53.8 Å². The minimum atomic E-state index is -3.62. The summed E-state index contributed by atoms with van der Waals surface area (Å²) in [5, 5.41) is 0. The molecule has 0 fully saturated rings. The fourth-order valence-corrected chi connectivity index (χ4v) is 3.30. The van der Waals surface area contributed by atoms with Crippen LogP contribution in [0.15, 0.2) is 47.4 Å². The van der Waals surface area contributed by atoms with Gasteiger partial charge in [0.2, 0.25) is 0 Å². The van der Waals surface area contributed by atoms with Crippen molar-refractivity contribution in [3.8, 4) is 11.5 Å². The highest BCUT2D eigenvalue weighted by molar-refractivity contribution is 7.90. The fourth-order valence-electron chi connectivity index (χ4n) is 1.93. The van der Waals surface area contributed by atoms with Gasteiger partial charge >= 0.3 is 0 Å². The zero-order valence-corrected chi connectivity index (χ0v) is 12.5. The minimum absolute atomic E-state index is 0.0442. The van der Waals surface area contributed by atoms with Gasteiger partial charge in [-0.15, -0.1) is 0 Å². The van der Waals surface area contributed by atoms with Crippen LogP contribution in [0.2, 0.25) is 0 Å². The van der Waals surface area contributed by atoms with Gasteiger partial charge in [-0.1, -0.05) is 12.1 Å². The van der Waals surface area contributed by atoms with Crippen LogP contribution in [-0.2, 0) is 15.6 Å². The lowest BCUT2D eigenvalue weighted by molar-refractivity contribution is 0.354. The van der Waals surface area contributed by atoms with E-state index in [0.29, 0.717) is 17.1 Å². The maximum atomic E-state index is 13.2. The molecule has 2 aromatic carbocycles. The molecule has 0 atom stereocenters. The quantitative estimate of drug-likeness (QED) is 0.852. The predicted molar refractivity (Wildman–Crippen MR) is 76.8 cm³/mol. The summed E-state index contributed by atoms with van der Waals surface area (Å²) >= 11 is 0. The van der Waals surface area contributed by atoms with Gasteiger partial charge in [-0.3, -0.25) is 0 Å². The van der Waals surface area contributed by atoms with E-state index in [1.807, 2.05) is 0 Å². The molecule has 21 heavy (non-hydrogen) atoms. The average Bonchev–Trinajstić information content (AvgIpc) is 2.46. The minimum Gasteiger partial charge on any atom is -0.493 e. The standard InChI is InChI=1S/C15H15FO4S/c1-19-14-7-6-11(8-15(14)20-2)10-21(17,18)13-5-3-4-12(16)9-13/h3-9H,10H2,1-2H3. The normalized spacial score (nSPS) is 11.2. The fraction of sp³-hybridized carbons (Fsp3) is 0.200. The van der Waals surface area contributed by atoms with Gasteiger partial charge in [0, 0.05) is 0 Å². The van der Waals surface area contributed by atoms with Gasteiger partial charge in [-0.2, -0.15) is 0 Å². The molecular weight excluding hydrogens is 295 g/mol. The zero-order valence-electron chi connectivity index (χ0n) is 11.7. The molecule has 6 heteroatoms. The van der Waals surface area contributed by atoms with Crippen LogP contribution in [0, 0.1) is 5.82 Å². The molecule has 0 saturated heterocycles. The van der Waals surface area contributed by atoms with E-state index in [1.54, 1.807) is 18.2 Å². The Morgan fingerprint density at radius 3 is 2.33 bits per heavy atom. The highest BCUT2D eigenvalue weighted by Gasteiger charge is 2.17. The van der Waals surface area contributed by atoms with E-state index in [-0.39, 0.29) is 10.6 Å². The summed E-state index contributed by atoms with van der Waals surface area (Å²) in [7, 11) is -0.641. The maximum Gasteiger partial charge on any atom is 0.182 e. The molecule has 0 aromatic heterocycles. The molecule has 4 nitrogen and oxygen atoms in total. The van der Waals surface area contributed by atoms with Crippen molar-refractivity contribution in [3.63, 3.8) is 0 Å². The first kappa shape index (κ1) is 15.3. The third kappa shape index (κ3) is 3.52. The molecule has 112 valence electrons. The smallest absolute Gasteiger partial charge is 0.182 e. The van der Waals surface area contributed by atoms with Gasteiger partial charge < -0.3 is 9.47 Å². The van der Waals surface area contributed by atoms with E-state index in [2.05, 4.69) is 0 Å². The number of ether oxygens (including phenoxy) is 2. The molecule has 2 aromatic rings. The van der Waals surface area contributed by atoms with Gasteiger partial charge in [0.1, 0.15) is 5.82 Å². The predicted octanol–water partition coefficient (Wildman–Crippen LogP) is 2.82. The summed E-state index contributed by atoms with van der Waals surface area (Å²) in [4.78, 5) is -0.0442. The van der Waals surface area contributed by atoms with Crippen LogP contribution in [0.25, 0.3) is 0 Å². The molecule has 0 aliphatic rings. The van der Waals surface area contributed by atoms with Gasteiger partial charge in [-0.05, 0) is 35.9 Å². The summed E-state index contributed by atoms with van der Waals surface area (Å²) in [6.07, 6.45) is 0. The first-order chi connectivity index (χ1) is 9.96. The highest BCUT2D eigenvalue weighted by atomic mass is 32.2. The average molecular weight is 310 g/mol. The van der Waals surface area contributed by atoms with Crippen LogP contribution >= 0.6 is 0 Å².